The molecule has 0 radical (unpaired) electrons. The zero-order valence-electron chi connectivity index (χ0n) is 22.0. The summed E-state index contributed by atoms with van der Waals surface area (Å²) in [4.78, 5) is 18.6. The van der Waals surface area contributed by atoms with Crippen molar-refractivity contribution in [2.24, 2.45) is 12.0 Å². The van der Waals surface area contributed by atoms with Crippen molar-refractivity contribution >= 4 is 18.1 Å². The molecule has 6 nitrogen and oxygen atoms in total. The molecule has 0 bridgehead atoms. The molecule has 2 aromatic carbocycles. The minimum absolute atomic E-state index is 0. The van der Waals surface area contributed by atoms with Crippen LogP contribution in [0.15, 0.2) is 40.1 Å². The monoisotopic (exact) mass is 497 g/mol. The van der Waals surface area contributed by atoms with E-state index >= 15 is 0 Å². The quantitative estimate of drug-likeness (QED) is 0.466. The molecular weight excluding hydrogens is 462 g/mol. The van der Waals surface area contributed by atoms with Gasteiger partial charge in [0.1, 0.15) is 5.49 Å². The number of nitrogens with zero attached hydrogens (tertiary/aromatic N) is 3. The van der Waals surface area contributed by atoms with Gasteiger partial charge in [-0.2, -0.15) is 0 Å². The van der Waals surface area contributed by atoms with Gasteiger partial charge in [-0.3, -0.25) is 9.13 Å². The molecule has 0 N–H and O–H groups in total. The molecule has 35 heavy (non-hydrogen) atoms. The molecule has 188 valence electrons. The lowest BCUT2D eigenvalue weighted by Gasteiger charge is -2.40. The zero-order chi connectivity index (χ0) is 24.8. The van der Waals surface area contributed by atoms with Crippen molar-refractivity contribution in [1.82, 2.24) is 9.13 Å². The molecule has 1 aliphatic rings. The Bertz CT molecular complexity index is 1370. The summed E-state index contributed by atoms with van der Waals surface area (Å²) < 4.78 is 14.8. The molecule has 7 heteroatoms. The molecule has 0 atom stereocenters. The summed E-state index contributed by atoms with van der Waals surface area (Å²) in [6, 6.07) is 10.4. The molecule has 0 unspecified atom stereocenters. The van der Waals surface area contributed by atoms with Crippen molar-refractivity contribution < 1.29 is 9.47 Å². The molecule has 0 amide bonds. The number of hydrogen-bond donors (Lipinski definition) is 0. The van der Waals surface area contributed by atoms with Crippen molar-refractivity contribution in [1.29, 1.82) is 0 Å². The maximum Gasteiger partial charge on any atom is 0.329 e. The van der Waals surface area contributed by atoms with Crippen LogP contribution in [0.5, 0.6) is 11.5 Å². The third kappa shape index (κ3) is 4.29. The maximum atomic E-state index is 13.7. The lowest BCUT2D eigenvalue weighted by atomic mass is 9.71. The van der Waals surface area contributed by atoms with Crippen LogP contribution in [0, 0.1) is 20.8 Å². The van der Waals surface area contributed by atoms with Crippen LogP contribution in [0.25, 0.3) is 11.3 Å². The van der Waals surface area contributed by atoms with Gasteiger partial charge in [0.05, 0.1) is 25.6 Å². The maximum absolute atomic E-state index is 13.7. The standard InChI is InChI=1S/C28H35N3O3.ClH/c1-9-28(10-2)16-31-22(20-13-23(33-7)24(34-8)14-21(20)28)15-25(30(6)27(31)32)29-26-18(4)11-17(3)12-19(26)5;/h11-15H,9-10,16H2,1-8H3;1H. The summed E-state index contributed by atoms with van der Waals surface area (Å²) in [5.41, 5.74) is 7.75. The number of benzene rings is 2. The van der Waals surface area contributed by atoms with Crippen LogP contribution >= 0.6 is 12.4 Å². The summed E-state index contributed by atoms with van der Waals surface area (Å²) in [5.74, 6) is 1.36. The summed E-state index contributed by atoms with van der Waals surface area (Å²) in [7, 11) is 5.10. The average molecular weight is 498 g/mol. The van der Waals surface area contributed by atoms with E-state index in [-0.39, 0.29) is 23.5 Å². The van der Waals surface area contributed by atoms with Gasteiger partial charge in [-0.25, -0.2) is 9.79 Å². The van der Waals surface area contributed by atoms with E-state index in [1.165, 1.54) is 11.1 Å². The predicted octanol–water partition coefficient (Wildman–Crippen LogP) is 5.52. The van der Waals surface area contributed by atoms with Crippen LogP contribution in [0.1, 0.15) is 48.9 Å². The van der Waals surface area contributed by atoms with Gasteiger partial charge in [-0.1, -0.05) is 31.5 Å². The fourth-order valence-electron chi connectivity index (χ4n) is 5.40. The fourth-order valence-corrected chi connectivity index (χ4v) is 5.40. The van der Waals surface area contributed by atoms with E-state index in [2.05, 4.69) is 52.8 Å². The predicted molar refractivity (Wildman–Crippen MR) is 144 cm³/mol. The van der Waals surface area contributed by atoms with Crippen LogP contribution in [0.4, 0.5) is 5.69 Å². The number of fused-ring (bicyclic) bond motifs is 3. The second kappa shape index (κ2) is 9.94. The highest BCUT2D eigenvalue weighted by Gasteiger charge is 2.38. The molecule has 1 aliphatic heterocycles. The first kappa shape index (κ1) is 26.6. The van der Waals surface area contributed by atoms with Gasteiger partial charge < -0.3 is 9.47 Å². The lowest BCUT2D eigenvalue weighted by Crippen LogP contribution is -2.46. The molecule has 2 heterocycles. The summed E-state index contributed by atoms with van der Waals surface area (Å²) in [6.45, 7) is 11.2. The number of methoxy groups -OCH3 is 2. The second-order valence-corrected chi connectivity index (χ2v) is 9.41. The minimum atomic E-state index is -0.165. The van der Waals surface area contributed by atoms with E-state index in [1.807, 2.05) is 16.7 Å². The Balaban J connectivity index is 0.00000342. The Morgan fingerprint density at radius 3 is 2.06 bits per heavy atom. The highest BCUT2D eigenvalue weighted by molar-refractivity contribution is 5.85. The van der Waals surface area contributed by atoms with Crippen molar-refractivity contribution in [2.75, 3.05) is 14.2 Å². The van der Waals surface area contributed by atoms with Gasteiger partial charge >= 0.3 is 5.69 Å². The van der Waals surface area contributed by atoms with E-state index in [4.69, 9.17) is 14.5 Å². The zero-order valence-corrected chi connectivity index (χ0v) is 22.8. The number of ether oxygens (including phenoxy) is 2. The SMILES string of the molecule is CCC1(CC)Cn2c(cc(=Nc3c(C)cc(C)cc3C)n(C)c2=O)-c2cc(OC)c(OC)cc21.Cl. The van der Waals surface area contributed by atoms with E-state index in [0.29, 0.717) is 23.5 Å². The highest BCUT2D eigenvalue weighted by atomic mass is 35.5. The van der Waals surface area contributed by atoms with Crippen molar-refractivity contribution in [2.45, 2.75) is 59.4 Å². The smallest absolute Gasteiger partial charge is 0.329 e. The van der Waals surface area contributed by atoms with Crippen molar-refractivity contribution in [3.63, 3.8) is 0 Å². The van der Waals surface area contributed by atoms with Gasteiger partial charge in [0.15, 0.2) is 11.5 Å². The molecular formula is C28H36ClN3O3. The Labute approximate surface area is 213 Å². The third-order valence-electron chi connectivity index (χ3n) is 7.47. The topological polar surface area (TPSA) is 57.8 Å². The van der Waals surface area contributed by atoms with Crippen molar-refractivity contribution in [3.8, 4) is 22.8 Å². The van der Waals surface area contributed by atoms with E-state index in [0.717, 1.165) is 40.9 Å². The normalized spacial score (nSPS) is 14.1. The molecule has 0 saturated carbocycles. The Hall–Kier alpha value is -2.99. The first-order chi connectivity index (χ1) is 16.2. The van der Waals surface area contributed by atoms with Gasteiger partial charge in [-0.15, -0.1) is 12.4 Å². The number of hydrogen-bond acceptors (Lipinski definition) is 4. The largest absolute Gasteiger partial charge is 0.493 e. The van der Waals surface area contributed by atoms with E-state index in [9.17, 15) is 4.79 Å². The van der Waals surface area contributed by atoms with E-state index < -0.39 is 0 Å². The molecule has 0 saturated heterocycles. The van der Waals surface area contributed by atoms with Gasteiger partial charge in [0.25, 0.3) is 0 Å². The Morgan fingerprint density at radius 1 is 0.943 bits per heavy atom. The lowest BCUT2D eigenvalue weighted by molar-refractivity contribution is 0.313. The van der Waals surface area contributed by atoms with Crippen LogP contribution in [0.2, 0.25) is 0 Å². The first-order valence-electron chi connectivity index (χ1n) is 11.9. The molecule has 0 spiro atoms. The Morgan fingerprint density at radius 2 is 1.51 bits per heavy atom. The molecule has 3 aromatic rings. The second-order valence-electron chi connectivity index (χ2n) is 9.41. The van der Waals surface area contributed by atoms with Crippen LogP contribution in [-0.2, 0) is 19.0 Å². The Kier molecular flexibility index (Phi) is 7.56. The van der Waals surface area contributed by atoms with E-state index in [1.54, 1.807) is 25.8 Å². The highest BCUT2D eigenvalue weighted by Crippen LogP contribution is 2.47. The molecule has 0 fully saturated rings. The first-order valence-corrected chi connectivity index (χ1v) is 11.9. The van der Waals surface area contributed by atoms with Crippen molar-refractivity contribution in [3.05, 3.63) is 68.6 Å². The summed E-state index contributed by atoms with van der Waals surface area (Å²) in [6.07, 6.45) is 1.82. The van der Waals surface area contributed by atoms with Crippen LogP contribution < -0.4 is 20.7 Å². The number of aromatic nitrogens is 2. The van der Waals surface area contributed by atoms with Gasteiger partial charge in [-0.05, 0) is 62.4 Å². The third-order valence-corrected chi connectivity index (χ3v) is 7.47. The average Bonchev–Trinajstić information content (AvgIpc) is 2.83. The van der Waals surface area contributed by atoms with Crippen LogP contribution in [-0.4, -0.2) is 23.4 Å². The number of halogens is 1. The minimum Gasteiger partial charge on any atom is -0.493 e. The number of aryl methyl sites for hydroxylation is 3. The number of rotatable bonds is 5. The summed E-state index contributed by atoms with van der Waals surface area (Å²) in [5, 5.41) is 0. The van der Waals surface area contributed by atoms with Gasteiger partial charge in [0.2, 0.25) is 0 Å². The fraction of sp³-hybridized carbons (Fsp3) is 0.429. The van der Waals surface area contributed by atoms with Gasteiger partial charge in [0, 0.05) is 30.6 Å². The molecule has 0 aliphatic carbocycles. The molecule has 4 rings (SSSR count). The molecule has 1 aromatic heterocycles. The summed E-state index contributed by atoms with van der Waals surface area (Å²) >= 11 is 0. The van der Waals surface area contributed by atoms with Crippen LogP contribution in [0.3, 0.4) is 0 Å².